The van der Waals surface area contributed by atoms with Gasteiger partial charge in [-0.25, -0.2) is 18.0 Å². The number of ether oxygens (including phenoxy) is 2. The van der Waals surface area contributed by atoms with Crippen LogP contribution in [0.25, 0.3) is 0 Å². The van der Waals surface area contributed by atoms with E-state index in [1.54, 1.807) is 23.1 Å². The zero-order valence-corrected chi connectivity index (χ0v) is 17.8. The molecule has 1 aliphatic heterocycles. The summed E-state index contributed by atoms with van der Waals surface area (Å²) >= 11 is 0. The quantitative estimate of drug-likeness (QED) is 0.590. The number of hydrogen-bond donors (Lipinski definition) is 2. The summed E-state index contributed by atoms with van der Waals surface area (Å²) in [6.07, 6.45) is 0.590. The molecule has 1 aromatic carbocycles. The molecule has 1 amide bonds. The van der Waals surface area contributed by atoms with E-state index in [2.05, 4.69) is 0 Å². The van der Waals surface area contributed by atoms with Crippen LogP contribution < -0.4 is 9.47 Å². The molecule has 0 unspecified atom stereocenters. The van der Waals surface area contributed by atoms with Gasteiger partial charge in [-0.3, -0.25) is 4.79 Å². The molecule has 1 fully saturated rings. The Kier molecular flexibility index (Phi) is 9.53. The van der Waals surface area contributed by atoms with Crippen molar-refractivity contribution in [2.75, 3.05) is 46.2 Å². The van der Waals surface area contributed by atoms with Crippen LogP contribution in [0.4, 0.5) is 0 Å². The normalized spacial score (nSPS) is 14.3. The van der Waals surface area contributed by atoms with Crippen LogP contribution in [0.1, 0.15) is 23.7 Å². The van der Waals surface area contributed by atoms with Crippen LogP contribution in [0.3, 0.4) is 0 Å². The van der Waals surface area contributed by atoms with Gasteiger partial charge in [-0.1, -0.05) is 6.92 Å². The zero-order chi connectivity index (χ0) is 22.9. The summed E-state index contributed by atoms with van der Waals surface area (Å²) in [5, 5.41) is 14.8. The molecule has 11 nitrogen and oxygen atoms in total. The molecule has 0 aliphatic carbocycles. The molecule has 1 aliphatic rings. The minimum Gasteiger partial charge on any atom is -0.493 e. The Morgan fingerprint density at radius 1 is 0.967 bits per heavy atom. The Labute approximate surface area is 174 Å². The third-order valence-electron chi connectivity index (χ3n) is 4.19. The van der Waals surface area contributed by atoms with Gasteiger partial charge >= 0.3 is 11.9 Å². The average Bonchev–Trinajstić information content (AvgIpc) is 2.73. The molecule has 2 rings (SSSR count). The molecule has 0 bridgehead atoms. The molecular weight excluding hydrogens is 420 g/mol. The van der Waals surface area contributed by atoms with Gasteiger partial charge < -0.3 is 24.6 Å². The van der Waals surface area contributed by atoms with Crippen molar-refractivity contribution >= 4 is 27.9 Å². The van der Waals surface area contributed by atoms with Gasteiger partial charge in [-0.05, 0) is 24.6 Å². The summed E-state index contributed by atoms with van der Waals surface area (Å²) in [5.41, 5.74) is 0.498. The standard InChI is InChI=1S/C16H24N2O5S.C2H2O4/c1-4-11-24(20,21)18-9-7-17(8-10-18)16(19)13-5-6-14(22-2)15(12-13)23-3;3-1(4)2(5)6/h5-6,12H,4,7-11H2,1-3H3;(H,3,4)(H,5,6). The van der Waals surface area contributed by atoms with Gasteiger partial charge in [-0.15, -0.1) is 0 Å². The lowest BCUT2D eigenvalue weighted by Gasteiger charge is -2.34. The van der Waals surface area contributed by atoms with Crippen molar-refractivity contribution in [3.63, 3.8) is 0 Å². The second-order valence-electron chi connectivity index (χ2n) is 6.19. The predicted molar refractivity (Wildman–Crippen MR) is 106 cm³/mol. The Balaban J connectivity index is 0.000000656. The molecule has 1 aromatic rings. The van der Waals surface area contributed by atoms with Crippen molar-refractivity contribution in [1.82, 2.24) is 9.21 Å². The van der Waals surface area contributed by atoms with E-state index in [0.29, 0.717) is 49.7 Å². The summed E-state index contributed by atoms with van der Waals surface area (Å²) in [4.78, 5) is 32.5. The van der Waals surface area contributed by atoms with Crippen LogP contribution >= 0.6 is 0 Å². The summed E-state index contributed by atoms with van der Waals surface area (Å²) in [5.74, 6) is -2.58. The van der Waals surface area contributed by atoms with Crippen molar-refractivity contribution in [2.45, 2.75) is 13.3 Å². The van der Waals surface area contributed by atoms with E-state index in [1.165, 1.54) is 18.5 Å². The van der Waals surface area contributed by atoms with Crippen LogP contribution in [0, 0.1) is 0 Å². The van der Waals surface area contributed by atoms with Gasteiger partial charge in [0.05, 0.1) is 20.0 Å². The fourth-order valence-corrected chi connectivity index (χ4v) is 4.20. The molecule has 1 heterocycles. The largest absolute Gasteiger partial charge is 0.493 e. The molecule has 0 radical (unpaired) electrons. The first-order valence-electron chi connectivity index (χ1n) is 9.02. The lowest BCUT2D eigenvalue weighted by atomic mass is 10.1. The number of amides is 1. The molecule has 2 N–H and O–H groups in total. The number of carboxylic acid groups (broad SMARTS) is 2. The van der Waals surface area contributed by atoms with Gasteiger partial charge in [0.1, 0.15) is 0 Å². The molecule has 0 atom stereocenters. The lowest BCUT2D eigenvalue weighted by Crippen LogP contribution is -2.51. The summed E-state index contributed by atoms with van der Waals surface area (Å²) in [6.45, 7) is 3.28. The number of methoxy groups -OCH3 is 2. The maximum atomic E-state index is 12.6. The summed E-state index contributed by atoms with van der Waals surface area (Å²) in [6, 6.07) is 5.01. The number of aliphatic carboxylic acids is 2. The highest BCUT2D eigenvalue weighted by Gasteiger charge is 2.28. The first kappa shape index (κ1) is 25.2. The molecule has 0 spiro atoms. The number of carboxylic acids is 2. The Morgan fingerprint density at radius 2 is 1.50 bits per heavy atom. The van der Waals surface area contributed by atoms with Crippen molar-refractivity contribution in [1.29, 1.82) is 0 Å². The van der Waals surface area contributed by atoms with Gasteiger partial charge in [0.15, 0.2) is 11.5 Å². The van der Waals surface area contributed by atoms with E-state index in [-0.39, 0.29) is 11.7 Å². The van der Waals surface area contributed by atoms with E-state index < -0.39 is 22.0 Å². The molecule has 0 saturated carbocycles. The highest BCUT2D eigenvalue weighted by molar-refractivity contribution is 7.89. The maximum Gasteiger partial charge on any atom is 0.414 e. The predicted octanol–water partition coefficient (Wildman–Crippen LogP) is 0.357. The van der Waals surface area contributed by atoms with E-state index in [9.17, 15) is 13.2 Å². The zero-order valence-electron chi connectivity index (χ0n) is 17.0. The average molecular weight is 446 g/mol. The fourth-order valence-electron chi connectivity index (χ4n) is 2.71. The van der Waals surface area contributed by atoms with Crippen molar-refractivity contribution in [2.24, 2.45) is 0 Å². The molecule has 30 heavy (non-hydrogen) atoms. The topological polar surface area (TPSA) is 151 Å². The van der Waals surface area contributed by atoms with Gasteiger partial charge in [0.25, 0.3) is 5.91 Å². The van der Waals surface area contributed by atoms with Gasteiger partial charge in [0, 0.05) is 31.7 Å². The Bertz CT molecular complexity index is 850. The monoisotopic (exact) mass is 446 g/mol. The highest BCUT2D eigenvalue weighted by Crippen LogP contribution is 2.28. The third kappa shape index (κ3) is 6.88. The highest BCUT2D eigenvalue weighted by atomic mass is 32.2. The molecule has 1 saturated heterocycles. The molecule has 168 valence electrons. The van der Waals surface area contributed by atoms with Crippen LogP contribution in [0.5, 0.6) is 11.5 Å². The van der Waals surface area contributed by atoms with Gasteiger partial charge in [0.2, 0.25) is 10.0 Å². The second-order valence-corrected chi connectivity index (χ2v) is 8.28. The number of sulfonamides is 1. The molecule has 0 aromatic heterocycles. The SMILES string of the molecule is CCCS(=O)(=O)N1CCN(C(=O)c2ccc(OC)c(OC)c2)CC1.O=C(O)C(=O)O. The van der Waals surface area contributed by atoms with Crippen LogP contribution in [-0.2, 0) is 19.6 Å². The maximum absolute atomic E-state index is 12.6. The third-order valence-corrected chi connectivity index (χ3v) is 6.27. The van der Waals surface area contributed by atoms with Crippen LogP contribution in [0.2, 0.25) is 0 Å². The minimum absolute atomic E-state index is 0.136. The number of benzene rings is 1. The van der Waals surface area contributed by atoms with Crippen molar-refractivity contribution in [3.05, 3.63) is 23.8 Å². The van der Waals surface area contributed by atoms with Crippen LogP contribution in [0.15, 0.2) is 18.2 Å². The van der Waals surface area contributed by atoms with E-state index in [1.807, 2.05) is 6.92 Å². The first-order valence-corrected chi connectivity index (χ1v) is 10.6. The number of rotatable bonds is 6. The lowest BCUT2D eigenvalue weighted by molar-refractivity contribution is -0.159. The Hall–Kier alpha value is -2.86. The number of nitrogens with zero attached hydrogens (tertiary/aromatic N) is 2. The smallest absolute Gasteiger partial charge is 0.414 e. The Morgan fingerprint density at radius 3 is 1.93 bits per heavy atom. The van der Waals surface area contributed by atoms with E-state index in [0.717, 1.165) is 0 Å². The number of carbonyl (C=O) groups is 3. The number of piperazine rings is 1. The van der Waals surface area contributed by atoms with E-state index in [4.69, 9.17) is 29.3 Å². The minimum atomic E-state index is -3.21. The second kappa shape index (κ2) is 11.4. The molecular formula is C18H26N2O9S. The molecule has 12 heteroatoms. The van der Waals surface area contributed by atoms with Crippen LogP contribution in [-0.4, -0.2) is 91.8 Å². The number of carbonyl (C=O) groups excluding carboxylic acids is 1. The first-order chi connectivity index (χ1) is 14.1. The summed E-state index contributed by atoms with van der Waals surface area (Å²) < 4.78 is 36.0. The van der Waals surface area contributed by atoms with Crippen molar-refractivity contribution in [3.8, 4) is 11.5 Å². The fraction of sp³-hybridized carbons (Fsp3) is 0.500. The number of hydrogen-bond acceptors (Lipinski definition) is 7. The van der Waals surface area contributed by atoms with Crippen molar-refractivity contribution < 1.29 is 42.5 Å². The summed E-state index contributed by atoms with van der Waals surface area (Å²) in [7, 11) is -0.154. The van der Waals surface area contributed by atoms with E-state index >= 15 is 0 Å². The van der Waals surface area contributed by atoms with Gasteiger partial charge in [-0.2, -0.15) is 4.31 Å².